The molecule has 1 aromatic carbocycles. The van der Waals surface area contributed by atoms with Crippen molar-refractivity contribution in [2.24, 2.45) is 0 Å². The summed E-state index contributed by atoms with van der Waals surface area (Å²) in [6.07, 6.45) is 1.54. The largest absolute Gasteiger partial charge is 0.306 e. The van der Waals surface area contributed by atoms with E-state index >= 15 is 0 Å². The summed E-state index contributed by atoms with van der Waals surface area (Å²) in [5, 5.41) is 3.99. The van der Waals surface area contributed by atoms with Crippen molar-refractivity contribution >= 4 is 38.8 Å². The topological polar surface area (TPSA) is 79.4 Å². The van der Waals surface area contributed by atoms with Gasteiger partial charge < -0.3 is 5.32 Å². The van der Waals surface area contributed by atoms with E-state index in [1.165, 1.54) is 49.0 Å². The van der Waals surface area contributed by atoms with Crippen molar-refractivity contribution in [2.45, 2.75) is 4.90 Å². The monoisotopic (exact) mass is 391 g/mol. The van der Waals surface area contributed by atoms with Crippen LogP contribution in [0.5, 0.6) is 0 Å². The molecule has 134 valence electrons. The van der Waals surface area contributed by atoms with E-state index in [1.54, 1.807) is 18.2 Å². The molecule has 3 rings (SSSR count). The second kappa shape index (κ2) is 7.22. The molecule has 9 heteroatoms. The first kappa shape index (κ1) is 18.0. The Bertz CT molecular complexity index is 1020. The van der Waals surface area contributed by atoms with Crippen LogP contribution in [0.25, 0.3) is 0 Å². The highest BCUT2D eigenvalue weighted by molar-refractivity contribution is 7.93. The summed E-state index contributed by atoms with van der Waals surface area (Å²) in [5.74, 6) is -0.526. The molecular weight excluding hydrogens is 377 g/mol. The van der Waals surface area contributed by atoms with Crippen LogP contribution in [0.4, 0.5) is 15.9 Å². The van der Waals surface area contributed by atoms with Crippen molar-refractivity contribution in [3.63, 3.8) is 0 Å². The maximum atomic E-state index is 13.0. The molecule has 6 nitrogen and oxygen atoms in total. The molecule has 0 atom stereocenters. The quantitative estimate of drug-likeness (QED) is 0.723. The van der Waals surface area contributed by atoms with Crippen LogP contribution in [0.2, 0.25) is 0 Å². The molecule has 0 fully saturated rings. The molecule has 1 amide bonds. The van der Waals surface area contributed by atoms with Crippen LogP contribution in [0.1, 0.15) is 9.67 Å². The van der Waals surface area contributed by atoms with Gasteiger partial charge in [0.2, 0.25) is 0 Å². The summed E-state index contributed by atoms with van der Waals surface area (Å²) in [6.45, 7) is 0. The first-order chi connectivity index (χ1) is 12.4. The second-order valence-electron chi connectivity index (χ2n) is 5.26. The fraction of sp³-hybridized carbons (Fsp3) is 0.0588. The first-order valence-corrected chi connectivity index (χ1v) is 9.75. The summed E-state index contributed by atoms with van der Waals surface area (Å²) < 4.78 is 39.5. The average molecular weight is 391 g/mol. The van der Waals surface area contributed by atoms with Crippen LogP contribution >= 0.6 is 11.3 Å². The molecule has 0 aliphatic carbocycles. The van der Waals surface area contributed by atoms with Gasteiger partial charge in [0.05, 0.1) is 15.5 Å². The van der Waals surface area contributed by atoms with Gasteiger partial charge in [0, 0.05) is 18.6 Å². The van der Waals surface area contributed by atoms with Gasteiger partial charge in [0.15, 0.2) is 0 Å². The Kier molecular flexibility index (Phi) is 5.01. The van der Waals surface area contributed by atoms with Gasteiger partial charge in [-0.2, -0.15) is 0 Å². The standard InChI is InChI=1S/C17H14FN3O3S2/c1-21(13-7-5-12(18)6-8-13)26(23,24)14-10-15(25-11-14)17(22)20-16-4-2-3-9-19-16/h2-11H,1H3,(H,19,20,22). The molecule has 0 saturated heterocycles. The van der Waals surface area contributed by atoms with Gasteiger partial charge in [-0.1, -0.05) is 6.07 Å². The highest BCUT2D eigenvalue weighted by Gasteiger charge is 2.24. The summed E-state index contributed by atoms with van der Waals surface area (Å²) in [4.78, 5) is 16.5. The van der Waals surface area contributed by atoms with Gasteiger partial charge in [-0.05, 0) is 42.5 Å². The van der Waals surface area contributed by atoms with E-state index in [-0.39, 0.29) is 9.77 Å². The van der Waals surface area contributed by atoms with Crippen molar-refractivity contribution in [1.29, 1.82) is 0 Å². The first-order valence-electron chi connectivity index (χ1n) is 7.43. The number of nitrogens with zero attached hydrogens (tertiary/aromatic N) is 2. The number of carbonyl (C=O) groups is 1. The predicted octanol–water partition coefficient (Wildman–Crippen LogP) is 3.36. The average Bonchev–Trinajstić information content (AvgIpc) is 3.14. The van der Waals surface area contributed by atoms with E-state index in [0.717, 1.165) is 15.6 Å². The molecule has 3 aromatic rings. The molecule has 0 unspecified atom stereocenters. The summed E-state index contributed by atoms with van der Waals surface area (Å²) >= 11 is 1.01. The Morgan fingerprint density at radius 2 is 1.92 bits per heavy atom. The molecule has 0 aliphatic heterocycles. The molecule has 0 radical (unpaired) electrons. The van der Waals surface area contributed by atoms with Crippen molar-refractivity contribution in [3.05, 3.63) is 70.8 Å². The van der Waals surface area contributed by atoms with E-state index in [0.29, 0.717) is 11.5 Å². The van der Waals surface area contributed by atoms with Gasteiger partial charge in [0.25, 0.3) is 15.9 Å². The smallest absolute Gasteiger partial charge is 0.266 e. The van der Waals surface area contributed by atoms with E-state index in [4.69, 9.17) is 0 Å². The number of carbonyl (C=O) groups excluding carboxylic acids is 1. The maximum Gasteiger partial charge on any atom is 0.266 e. The lowest BCUT2D eigenvalue weighted by Crippen LogP contribution is -2.26. The lowest BCUT2D eigenvalue weighted by Gasteiger charge is -2.18. The molecule has 0 spiro atoms. The van der Waals surface area contributed by atoms with Crippen LogP contribution in [0.15, 0.2) is 65.0 Å². The van der Waals surface area contributed by atoms with Crippen LogP contribution in [-0.4, -0.2) is 26.4 Å². The SMILES string of the molecule is CN(c1ccc(F)cc1)S(=O)(=O)c1csc(C(=O)Nc2ccccn2)c1. The predicted molar refractivity (Wildman–Crippen MR) is 98.5 cm³/mol. The Hall–Kier alpha value is -2.78. The molecular formula is C17H14FN3O3S2. The maximum absolute atomic E-state index is 13.0. The van der Waals surface area contributed by atoms with Gasteiger partial charge in [0.1, 0.15) is 11.6 Å². The third-order valence-electron chi connectivity index (χ3n) is 3.55. The van der Waals surface area contributed by atoms with E-state index < -0.39 is 21.7 Å². The zero-order chi connectivity index (χ0) is 18.7. The number of sulfonamides is 1. The highest BCUT2D eigenvalue weighted by atomic mass is 32.2. The molecule has 26 heavy (non-hydrogen) atoms. The van der Waals surface area contributed by atoms with Crippen LogP contribution in [-0.2, 0) is 10.0 Å². The zero-order valence-electron chi connectivity index (χ0n) is 13.6. The lowest BCUT2D eigenvalue weighted by molar-refractivity contribution is 0.103. The fourth-order valence-corrected chi connectivity index (χ4v) is 4.49. The van der Waals surface area contributed by atoms with Crippen molar-refractivity contribution in [2.75, 3.05) is 16.7 Å². The Morgan fingerprint density at radius 3 is 2.58 bits per heavy atom. The fourth-order valence-electron chi connectivity index (χ4n) is 2.14. The number of hydrogen-bond donors (Lipinski definition) is 1. The Morgan fingerprint density at radius 1 is 1.19 bits per heavy atom. The second-order valence-corrected chi connectivity index (χ2v) is 8.15. The van der Waals surface area contributed by atoms with E-state index in [9.17, 15) is 17.6 Å². The zero-order valence-corrected chi connectivity index (χ0v) is 15.2. The normalized spacial score (nSPS) is 11.2. The third kappa shape index (κ3) is 3.73. The Labute approximate surface area is 154 Å². The number of amides is 1. The Balaban J connectivity index is 1.81. The van der Waals surface area contributed by atoms with Gasteiger partial charge in [-0.3, -0.25) is 9.10 Å². The third-order valence-corrected chi connectivity index (χ3v) is 6.40. The number of rotatable bonds is 5. The number of thiophene rings is 1. The van der Waals surface area contributed by atoms with Crippen LogP contribution in [0.3, 0.4) is 0 Å². The van der Waals surface area contributed by atoms with Gasteiger partial charge >= 0.3 is 0 Å². The van der Waals surface area contributed by atoms with Crippen molar-refractivity contribution < 1.29 is 17.6 Å². The van der Waals surface area contributed by atoms with Crippen molar-refractivity contribution in [1.82, 2.24) is 4.98 Å². The van der Waals surface area contributed by atoms with E-state index in [1.807, 2.05) is 0 Å². The number of aromatic nitrogens is 1. The van der Waals surface area contributed by atoms with E-state index in [2.05, 4.69) is 10.3 Å². The summed E-state index contributed by atoms with van der Waals surface area (Å²) in [7, 11) is -2.50. The van der Waals surface area contributed by atoms with Gasteiger partial charge in [-0.15, -0.1) is 11.3 Å². The minimum atomic E-state index is -3.86. The number of hydrogen-bond acceptors (Lipinski definition) is 5. The summed E-state index contributed by atoms with van der Waals surface area (Å²) in [6, 6.07) is 11.5. The number of anilines is 2. The number of halogens is 1. The summed E-state index contributed by atoms with van der Waals surface area (Å²) in [5.41, 5.74) is 0.317. The number of nitrogens with one attached hydrogen (secondary N) is 1. The van der Waals surface area contributed by atoms with Crippen LogP contribution < -0.4 is 9.62 Å². The van der Waals surface area contributed by atoms with Crippen molar-refractivity contribution in [3.8, 4) is 0 Å². The minimum Gasteiger partial charge on any atom is -0.306 e. The molecule has 1 N–H and O–H groups in total. The lowest BCUT2D eigenvalue weighted by atomic mass is 10.3. The molecule has 2 heterocycles. The van der Waals surface area contributed by atoms with Gasteiger partial charge in [-0.25, -0.2) is 17.8 Å². The minimum absolute atomic E-state index is 0.0134. The molecule has 0 bridgehead atoms. The highest BCUT2D eigenvalue weighted by Crippen LogP contribution is 2.26. The molecule has 2 aromatic heterocycles. The number of pyridine rings is 1. The molecule has 0 saturated carbocycles. The molecule has 0 aliphatic rings. The van der Waals surface area contributed by atoms with Crippen LogP contribution in [0, 0.1) is 5.82 Å². The number of benzene rings is 1.